The fourth-order valence-corrected chi connectivity index (χ4v) is 4.72. The Bertz CT molecular complexity index is 1280. The number of methoxy groups -OCH3 is 1. The molecule has 0 saturated heterocycles. The third kappa shape index (κ3) is 4.24. The number of hydrogen-bond acceptors (Lipinski definition) is 8. The van der Waals surface area contributed by atoms with Crippen LogP contribution in [-0.4, -0.2) is 44.3 Å². The van der Waals surface area contributed by atoms with Crippen molar-refractivity contribution in [1.82, 2.24) is 19.8 Å². The van der Waals surface area contributed by atoms with E-state index in [2.05, 4.69) is 15.3 Å². The molecule has 174 valence electrons. The smallest absolute Gasteiger partial charge is 0.253 e. The molecule has 0 aliphatic carbocycles. The molecule has 0 spiro atoms. The van der Waals surface area contributed by atoms with Crippen molar-refractivity contribution in [3.63, 3.8) is 0 Å². The second kappa shape index (κ2) is 9.60. The summed E-state index contributed by atoms with van der Waals surface area (Å²) in [5.41, 5.74) is 1.76. The van der Waals surface area contributed by atoms with E-state index in [9.17, 15) is 4.79 Å². The molecule has 0 bridgehead atoms. The van der Waals surface area contributed by atoms with Gasteiger partial charge < -0.3 is 13.6 Å². The van der Waals surface area contributed by atoms with Crippen LogP contribution in [0.2, 0.25) is 0 Å². The zero-order valence-corrected chi connectivity index (χ0v) is 19.6. The number of hydrazone groups is 1. The number of ether oxygens (including phenoxy) is 1. The van der Waals surface area contributed by atoms with Gasteiger partial charge in [-0.25, -0.2) is 5.01 Å². The summed E-state index contributed by atoms with van der Waals surface area (Å²) in [4.78, 5) is 13.3. The van der Waals surface area contributed by atoms with Gasteiger partial charge in [0.15, 0.2) is 16.7 Å². The third-order valence-electron chi connectivity index (χ3n) is 5.56. The number of carbonyl (C=O) groups excluding carboxylic acids is 1. The normalized spacial score (nSPS) is 15.5. The molecule has 1 aliphatic heterocycles. The summed E-state index contributed by atoms with van der Waals surface area (Å²) in [6.45, 7) is 2.65. The van der Waals surface area contributed by atoms with Gasteiger partial charge in [-0.1, -0.05) is 11.8 Å². The largest absolute Gasteiger partial charge is 0.497 e. The highest BCUT2D eigenvalue weighted by atomic mass is 32.2. The SMILES string of the molecule is CCn1c(SCC(=O)N2N=C(c3ccc(OC)cc3)C[C@@H]2c2ccco2)nnc1-c1ccco1. The molecule has 1 amide bonds. The number of benzene rings is 1. The van der Waals surface area contributed by atoms with Crippen LogP contribution in [0, 0.1) is 0 Å². The number of rotatable bonds is 8. The van der Waals surface area contributed by atoms with Crippen LogP contribution in [0.1, 0.15) is 30.7 Å². The van der Waals surface area contributed by atoms with E-state index in [1.807, 2.05) is 54.0 Å². The molecular formula is C24H23N5O4S. The molecule has 3 aromatic heterocycles. The molecule has 34 heavy (non-hydrogen) atoms. The highest BCUT2D eigenvalue weighted by Crippen LogP contribution is 2.34. The first-order chi connectivity index (χ1) is 16.7. The maximum atomic E-state index is 13.3. The summed E-state index contributed by atoms with van der Waals surface area (Å²) in [5, 5.41) is 15.4. The second-order valence-electron chi connectivity index (χ2n) is 7.57. The summed E-state index contributed by atoms with van der Waals surface area (Å²) >= 11 is 1.33. The van der Waals surface area contributed by atoms with Gasteiger partial charge in [-0.05, 0) is 61.0 Å². The fraction of sp³-hybridized carbons (Fsp3) is 0.250. The van der Waals surface area contributed by atoms with E-state index in [0.717, 1.165) is 17.0 Å². The molecule has 4 heterocycles. The minimum Gasteiger partial charge on any atom is -0.497 e. The van der Waals surface area contributed by atoms with Crippen molar-refractivity contribution in [2.75, 3.05) is 12.9 Å². The van der Waals surface area contributed by atoms with Gasteiger partial charge in [-0.2, -0.15) is 5.10 Å². The maximum Gasteiger partial charge on any atom is 0.253 e. The summed E-state index contributed by atoms with van der Waals surface area (Å²) in [6.07, 6.45) is 3.77. The number of aromatic nitrogens is 3. The Kier molecular flexibility index (Phi) is 6.22. The number of nitrogens with zero attached hydrogens (tertiary/aromatic N) is 5. The average molecular weight is 478 g/mol. The first kappa shape index (κ1) is 22.0. The molecule has 0 fully saturated rings. The van der Waals surface area contributed by atoms with Crippen molar-refractivity contribution in [3.8, 4) is 17.3 Å². The van der Waals surface area contributed by atoms with Gasteiger partial charge >= 0.3 is 0 Å². The minimum absolute atomic E-state index is 0.139. The van der Waals surface area contributed by atoms with Crippen LogP contribution in [0.15, 0.2) is 80.1 Å². The van der Waals surface area contributed by atoms with Gasteiger partial charge in [-0.3, -0.25) is 9.36 Å². The Hall–Kier alpha value is -3.79. The van der Waals surface area contributed by atoms with Crippen LogP contribution >= 0.6 is 11.8 Å². The highest BCUT2D eigenvalue weighted by molar-refractivity contribution is 7.99. The number of amides is 1. The molecular weight excluding hydrogens is 454 g/mol. The second-order valence-corrected chi connectivity index (χ2v) is 8.51. The molecule has 4 aromatic rings. The third-order valence-corrected chi connectivity index (χ3v) is 6.51. The van der Waals surface area contributed by atoms with Gasteiger partial charge in [0.2, 0.25) is 0 Å². The van der Waals surface area contributed by atoms with E-state index in [1.54, 1.807) is 25.7 Å². The summed E-state index contributed by atoms with van der Waals surface area (Å²) in [7, 11) is 1.63. The standard InChI is InChI=1S/C24H23N5O4S/c1-3-28-23(21-7-5-13-33-21)25-26-24(28)34-15-22(30)29-19(20-6-4-12-32-20)14-18(27-29)16-8-10-17(31-2)11-9-16/h4-13,19H,3,14-15H2,1-2H3/t19-/m1/s1. The van der Waals surface area contributed by atoms with E-state index in [-0.39, 0.29) is 17.7 Å². The topological polar surface area (TPSA) is 98.9 Å². The van der Waals surface area contributed by atoms with Crippen molar-refractivity contribution >= 4 is 23.4 Å². The van der Waals surface area contributed by atoms with Crippen LogP contribution < -0.4 is 4.74 Å². The number of furan rings is 2. The van der Waals surface area contributed by atoms with E-state index in [4.69, 9.17) is 13.6 Å². The average Bonchev–Trinajstić information content (AvgIpc) is 3.68. The zero-order valence-electron chi connectivity index (χ0n) is 18.7. The molecule has 5 rings (SSSR count). The lowest BCUT2D eigenvalue weighted by molar-refractivity contribution is -0.130. The lowest BCUT2D eigenvalue weighted by atomic mass is 10.0. The number of thioether (sulfide) groups is 1. The van der Waals surface area contributed by atoms with Crippen LogP contribution in [0.4, 0.5) is 0 Å². The van der Waals surface area contributed by atoms with Crippen molar-refractivity contribution < 1.29 is 18.4 Å². The molecule has 0 unspecified atom stereocenters. The van der Waals surface area contributed by atoms with Crippen LogP contribution in [0.3, 0.4) is 0 Å². The first-order valence-corrected chi connectivity index (χ1v) is 11.8. The van der Waals surface area contributed by atoms with Gasteiger partial charge in [0, 0.05) is 13.0 Å². The van der Waals surface area contributed by atoms with Crippen LogP contribution in [-0.2, 0) is 11.3 Å². The first-order valence-electron chi connectivity index (χ1n) is 10.8. The lowest BCUT2D eigenvalue weighted by Gasteiger charge is -2.19. The Labute approximate surface area is 200 Å². The molecule has 10 heteroatoms. The van der Waals surface area contributed by atoms with Crippen molar-refractivity contribution in [2.45, 2.75) is 31.1 Å². The maximum absolute atomic E-state index is 13.3. The molecule has 0 saturated carbocycles. The highest BCUT2D eigenvalue weighted by Gasteiger charge is 2.35. The van der Waals surface area contributed by atoms with E-state index in [0.29, 0.717) is 35.5 Å². The Balaban J connectivity index is 1.36. The molecule has 1 aromatic carbocycles. The lowest BCUT2D eigenvalue weighted by Crippen LogP contribution is -2.28. The molecule has 0 N–H and O–H groups in total. The monoisotopic (exact) mass is 477 g/mol. The van der Waals surface area contributed by atoms with Crippen molar-refractivity contribution in [3.05, 3.63) is 72.4 Å². The quantitative estimate of drug-likeness (QED) is 0.341. The van der Waals surface area contributed by atoms with Gasteiger partial charge in [0.1, 0.15) is 17.6 Å². The zero-order chi connectivity index (χ0) is 23.5. The summed E-state index contributed by atoms with van der Waals surface area (Å²) < 4.78 is 18.3. The predicted octanol–water partition coefficient (Wildman–Crippen LogP) is 4.63. The number of carbonyl (C=O) groups is 1. The Morgan fingerprint density at radius 1 is 1.12 bits per heavy atom. The molecule has 1 aliphatic rings. The molecule has 9 nitrogen and oxygen atoms in total. The van der Waals surface area contributed by atoms with Gasteiger partial charge in [-0.15, -0.1) is 10.2 Å². The van der Waals surface area contributed by atoms with Crippen molar-refractivity contribution in [2.24, 2.45) is 5.10 Å². The Morgan fingerprint density at radius 2 is 1.91 bits per heavy atom. The van der Waals surface area contributed by atoms with E-state index >= 15 is 0 Å². The van der Waals surface area contributed by atoms with Gasteiger partial charge in [0.25, 0.3) is 5.91 Å². The molecule has 0 radical (unpaired) electrons. The summed E-state index contributed by atoms with van der Waals surface area (Å²) in [5.74, 6) is 2.76. The van der Waals surface area contributed by atoms with Crippen LogP contribution in [0.25, 0.3) is 11.6 Å². The Morgan fingerprint density at radius 3 is 2.59 bits per heavy atom. The van der Waals surface area contributed by atoms with E-state index < -0.39 is 0 Å². The molecule has 1 atom stereocenters. The van der Waals surface area contributed by atoms with Crippen molar-refractivity contribution in [1.29, 1.82) is 0 Å². The summed E-state index contributed by atoms with van der Waals surface area (Å²) in [6, 6.07) is 14.7. The number of hydrogen-bond donors (Lipinski definition) is 0. The minimum atomic E-state index is -0.303. The fourth-order valence-electron chi connectivity index (χ4n) is 3.86. The predicted molar refractivity (Wildman–Crippen MR) is 127 cm³/mol. The van der Waals surface area contributed by atoms with Gasteiger partial charge in [0.05, 0.1) is 31.1 Å². The van der Waals surface area contributed by atoms with E-state index in [1.165, 1.54) is 16.8 Å². The van der Waals surface area contributed by atoms with Crippen LogP contribution in [0.5, 0.6) is 5.75 Å².